The van der Waals surface area contributed by atoms with Crippen molar-refractivity contribution in [1.82, 2.24) is 20.1 Å². The van der Waals surface area contributed by atoms with E-state index < -0.39 is 0 Å². The van der Waals surface area contributed by atoms with E-state index in [-0.39, 0.29) is 18.0 Å². The first-order valence-electron chi connectivity index (χ1n) is 9.20. The molecule has 3 amide bonds. The zero-order chi connectivity index (χ0) is 16.9. The van der Waals surface area contributed by atoms with E-state index >= 15 is 0 Å². The Morgan fingerprint density at radius 2 is 1.75 bits per heavy atom. The Balaban J connectivity index is 1.46. The number of hydrogen-bond acceptors (Lipinski definition) is 2. The van der Waals surface area contributed by atoms with Gasteiger partial charge in [0.05, 0.1) is 0 Å². The molecular formula is C18H28N4O2. The van der Waals surface area contributed by atoms with Crippen LogP contribution >= 0.6 is 0 Å². The molecule has 6 heteroatoms. The van der Waals surface area contributed by atoms with E-state index in [0.717, 1.165) is 64.0 Å². The zero-order valence-electron chi connectivity index (χ0n) is 14.5. The van der Waals surface area contributed by atoms with Gasteiger partial charge in [-0.05, 0) is 50.7 Å². The third kappa shape index (κ3) is 3.91. The van der Waals surface area contributed by atoms with E-state index in [9.17, 15) is 9.59 Å². The maximum atomic E-state index is 12.5. The number of likely N-dealkylation sites (tertiary alicyclic amines) is 2. The zero-order valence-corrected chi connectivity index (χ0v) is 14.5. The minimum Gasteiger partial charge on any atom is -0.354 e. The van der Waals surface area contributed by atoms with Gasteiger partial charge in [-0.25, -0.2) is 4.79 Å². The summed E-state index contributed by atoms with van der Waals surface area (Å²) in [5, 5.41) is 3.09. The van der Waals surface area contributed by atoms with E-state index in [2.05, 4.69) is 17.2 Å². The van der Waals surface area contributed by atoms with E-state index in [1.165, 1.54) is 6.42 Å². The lowest BCUT2D eigenvalue weighted by Crippen LogP contribution is -2.51. The van der Waals surface area contributed by atoms with Gasteiger partial charge in [0.2, 0.25) is 0 Å². The van der Waals surface area contributed by atoms with Gasteiger partial charge >= 0.3 is 6.03 Å². The predicted octanol–water partition coefficient (Wildman–Crippen LogP) is 2.38. The Morgan fingerprint density at radius 1 is 1.08 bits per heavy atom. The summed E-state index contributed by atoms with van der Waals surface area (Å²) >= 11 is 0. The van der Waals surface area contributed by atoms with Crippen LogP contribution in [0.15, 0.2) is 12.1 Å². The second-order valence-corrected chi connectivity index (χ2v) is 6.82. The van der Waals surface area contributed by atoms with Gasteiger partial charge in [-0.1, -0.05) is 6.92 Å². The van der Waals surface area contributed by atoms with E-state index in [4.69, 9.17) is 0 Å². The second-order valence-electron chi connectivity index (χ2n) is 6.82. The highest BCUT2D eigenvalue weighted by atomic mass is 16.2. The van der Waals surface area contributed by atoms with Gasteiger partial charge in [-0.2, -0.15) is 0 Å². The number of H-pyrrole nitrogens is 1. The number of carbonyl (C=O) groups excluding carboxylic acids is 2. The Hall–Kier alpha value is -1.98. The molecule has 2 saturated heterocycles. The lowest BCUT2D eigenvalue weighted by atomic mass is 10.0. The third-order valence-corrected chi connectivity index (χ3v) is 5.10. The van der Waals surface area contributed by atoms with Gasteiger partial charge < -0.3 is 20.1 Å². The number of rotatable bonds is 3. The normalized spacial score (nSPS) is 19.4. The number of nitrogens with one attached hydrogen (secondary N) is 2. The molecule has 2 fully saturated rings. The molecule has 24 heavy (non-hydrogen) atoms. The van der Waals surface area contributed by atoms with E-state index in [0.29, 0.717) is 5.69 Å². The van der Waals surface area contributed by atoms with Crippen molar-refractivity contribution in [3.63, 3.8) is 0 Å². The highest BCUT2D eigenvalue weighted by molar-refractivity contribution is 5.92. The van der Waals surface area contributed by atoms with Crippen LogP contribution in [-0.2, 0) is 6.42 Å². The van der Waals surface area contributed by atoms with Gasteiger partial charge in [0.25, 0.3) is 5.91 Å². The van der Waals surface area contributed by atoms with Crippen molar-refractivity contribution in [3.8, 4) is 0 Å². The Bertz CT molecular complexity index is 569. The fourth-order valence-electron chi connectivity index (χ4n) is 3.54. The van der Waals surface area contributed by atoms with E-state index in [1.54, 1.807) is 0 Å². The summed E-state index contributed by atoms with van der Waals surface area (Å²) in [6.45, 7) is 5.29. The molecule has 2 aliphatic rings. The van der Waals surface area contributed by atoms with Crippen molar-refractivity contribution in [3.05, 3.63) is 23.5 Å². The quantitative estimate of drug-likeness (QED) is 0.892. The number of aromatic nitrogens is 1. The number of carbonyl (C=O) groups is 2. The lowest BCUT2D eigenvalue weighted by Gasteiger charge is -2.37. The molecule has 1 aromatic heterocycles. The molecule has 0 aromatic carbocycles. The molecule has 0 unspecified atom stereocenters. The second kappa shape index (κ2) is 7.73. The SMILES string of the molecule is CCc1ccc(C(=O)NC2CCN(C(=O)N3CCCCC3)CC2)[nH]1. The van der Waals surface area contributed by atoms with Gasteiger partial charge in [0, 0.05) is 37.9 Å². The van der Waals surface area contributed by atoms with Crippen LogP contribution in [0.25, 0.3) is 0 Å². The summed E-state index contributed by atoms with van der Waals surface area (Å²) in [5.41, 5.74) is 1.70. The molecule has 2 aliphatic heterocycles. The summed E-state index contributed by atoms with van der Waals surface area (Å²) in [7, 11) is 0. The van der Waals surface area contributed by atoms with Crippen molar-refractivity contribution in [2.45, 2.75) is 51.5 Å². The van der Waals surface area contributed by atoms with Gasteiger partial charge in [-0.3, -0.25) is 4.79 Å². The fraction of sp³-hybridized carbons (Fsp3) is 0.667. The Morgan fingerprint density at radius 3 is 2.38 bits per heavy atom. The van der Waals surface area contributed by atoms with Crippen molar-refractivity contribution in [1.29, 1.82) is 0 Å². The number of aryl methyl sites for hydroxylation is 1. The molecule has 2 N–H and O–H groups in total. The Kier molecular flexibility index (Phi) is 5.43. The summed E-state index contributed by atoms with van der Waals surface area (Å²) in [4.78, 5) is 31.8. The number of piperidine rings is 2. The largest absolute Gasteiger partial charge is 0.354 e. The molecule has 0 spiro atoms. The lowest BCUT2D eigenvalue weighted by molar-refractivity contribution is 0.0903. The maximum absolute atomic E-state index is 12.5. The minimum absolute atomic E-state index is 0.0458. The number of nitrogens with zero attached hydrogens (tertiary/aromatic N) is 2. The van der Waals surface area contributed by atoms with Gasteiger partial charge in [-0.15, -0.1) is 0 Å². The van der Waals surface area contributed by atoms with Crippen LogP contribution in [0.2, 0.25) is 0 Å². The minimum atomic E-state index is -0.0458. The molecule has 0 atom stereocenters. The van der Waals surface area contributed by atoms with Gasteiger partial charge in [0.1, 0.15) is 5.69 Å². The fourth-order valence-corrected chi connectivity index (χ4v) is 3.54. The topological polar surface area (TPSA) is 68.4 Å². The van der Waals surface area contributed by atoms with Crippen LogP contribution in [-0.4, -0.2) is 58.9 Å². The molecule has 132 valence electrons. The summed E-state index contributed by atoms with van der Waals surface area (Å²) < 4.78 is 0. The molecule has 0 radical (unpaired) electrons. The summed E-state index contributed by atoms with van der Waals surface area (Å²) in [5.74, 6) is -0.0458. The molecule has 0 saturated carbocycles. The first-order chi connectivity index (χ1) is 11.7. The van der Waals surface area contributed by atoms with Crippen LogP contribution in [0.3, 0.4) is 0 Å². The summed E-state index contributed by atoms with van der Waals surface area (Å²) in [6.07, 6.45) is 6.02. The van der Waals surface area contributed by atoms with Crippen molar-refractivity contribution >= 4 is 11.9 Å². The molecule has 6 nitrogen and oxygen atoms in total. The smallest absolute Gasteiger partial charge is 0.319 e. The number of hydrogen-bond donors (Lipinski definition) is 2. The number of aromatic amines is 1. The van der Waals surface area contributed by atoms with Crippen LogP contribution in [0.1, 0.15) is 55.2 Å². The standard InChI is InChI=1S/C18H28N4O2/c1-2-14-6-7-16(19-14)17(23)20-15-8-12-22(13-9-15)18(24)21-10-4-3-5-11-21/h6-7,15,19H,2-5,8-13H2,1H3,(H,20,23). The molecule has 1 aromatic rings. The first kappa shape index (κ1) is 16.9. The average molecular weight is 332 g/mol. The number of urea groups is 1. The highest BCUT2D eigenvalue weighted by Crippen LogP contribution is 2.16. The van der Waals surface area contributed by atoms with Crippen molar-refractivity contribution in [2.24, 2.45) is 0 Å². The third-order valence-electron chi connectivity index (χ3n) is 5.10. The molecule has 3 rings (SSSR count). The van der Waals surface area contributed by atoms with Crippen molar-refractivity contribution in [2.75, 3.05) is 26.2 Å². The van der Waals surface area contributed by atoms with Crippen molar-refractivity contribution < 1.29 is 9.59 Å². The molecule has 0 aliphatic carbocycles. The first-order valence-corrected chi connectivity index (χ1v) is 9.20. The number of amides is 3. The highest BCUT2D eigenvalue weighted by Gasteiger charge is 2.27. The average Bonchev–Trinajstić information content (AvgIpc) is 3.12. The summed E-state index contributed by atoms with van der Waals surface area (Å²) in [6, 6.07) is 4.12. The van der Waals surface area contributed by atoms with E-state index in [1.807, 2.05) is 21.9 Å². The predicted molar refractivity (Wildman–Crippen MR) is 93.1 cm³/mol. The monoisotopic (exact) mass is 332 g/mol. The van der Waals surface area contributed by atoms with Crippen LogP contribution in [0.5, 0.6) is 0 Å². The molecule has 0 bridgehead atoms. The van der Waals surface area contributed by atoms with Gasteiger partial charge in [0.15, 0.2) is 0 Å². The Labute approximate surface area is 143 Å². The van der Waals surface area contributed by atoms with Crippen LogP contribution in [0, 0.1) is 0 Å². The molecule has 3 heterocycles. The molecular weight excluding hydrogens is 304 g/mol. The van der Waals surface area contributed by atoms with Crippen LogP contribution in [0.4, 0.5) is 4.79 Å². The van der Waals surface area contributed by atoms with Crippen LogP contribution < -0.4 is 5.32 Å². The maximum Gasteiger partial charge on any atom is 0.319 e.